The highest BCUT2D eigenvalue weighted by Crippen LogP contribution is 2.26. The summed E-state index contributed by atoms with van der Waals surface area (Å²) in [4.78, 5) is 27.6. The van der Waals surface area contributed by atoms with Gasteiger partial charge in [-0.1, -0.05) is 0 Å². The van der Waals surface area contributed by atoms with Crippen LogP contribution in [-0.2, 0) is 9.53 Å². The number of fused-ring (bicyclic) bond motifs is 1. The van der Waals surface area contributed by atoms with Gasteiger partial charge in [0.05, 0.1) is 19.9 Å². The van der Waals surface area contributed by atoms with Gasteiger partial charge in [-0.2, -0.15) is 5.26 Å². The third-order valence-electron chi connectivity index (χ3n) is 3.87. The summed E-state index contributed by atoms with van der Waals surface area (Å²) in [5, 5.41) is 14.5. The number of rotatable bonds is 5. The lowest BCUT2D eigenvalue weighted by Crippen LogP contribution is -2.15. The van der Waals surface area contributed by atoms with Crippen LogP contribution >= 0.6 is 11.3 Å². The predicted molar refractivity (Wildman–Crippen MR) is 103 cm³/mol. The molecule has 1 amide bonds. The van der Waals surface area contributed by atoms with Crippen molar-refractivity contribution >= 4 is 45.9 Å². The Morgan fingerprint density at radius 2 is 2.11 bits per heavy atom. The number of thiophene rings is 1. The summed E-state index contributed by atoms with van der Waals surface area (Å²) in [6.07, 6.45) is 3.19. The van der Waals surface area contributed by atoms with Crippen LogP contribution < -0.4 is 10.1 Å². The lowest BCUT2D eigenvalue weighted by Gasteiger charge is -2.05. The van der Waals surface area contributed by atoms with Gasteiger partial charge in [0.25, 0.3) is 5.91 Å². The number of aromatic nitrogens is 1. The number of nitrogens with zero attached hydrogens (tertiary/aromatic N) is 1. The van der Waals surface area contributed by atoms with Gasteiger partial charge in [0, 0.05) is 22.7 Å². The minimum Gasteiger partial charge on any atom is -0.497 e. The quantitative estimate of drug-likeness (QED) is 0.399. The smallest absolute Gasteiger partial charge is 0.350 e. The van der Waals surface area contributed by atoms with Crippen molar-refractivity contribution in [3.8, 4) is 11.8 Å². The molecule has 2 N–H and O–H groups in total. The van der Waals surface area contributed by atoms with Crippen LogP contribution in [0.1, 0.15) is 15.2 Å². The minimum atomic E-state index is -0.613. The highest BCUT2D eigenvalue weighted by atomic mass is 32.1. The Balaban J connectivity index is 1.91. The van der Waals surface area contributed by atoms with Crippen molar-refractivity contribution in [3.05, 3.63) is 51.9 Å². The number of nitriles is 1. The van der Waals surface area contributed by atoms with E-state index in [9.17, 15) is 14.9 Å². The van der Waals surface area contributed by atoms with E-state index in [4.69, 9.17) is 4.74 Å². The van der Waals surface area contributed by atoms with E-state index in [2.05, 4.69) is 15.0 Å². The molecule has 0 aliphatic carbocycles. The molecule has 0 saturated carbocycles. The number of esters is 1. The van der Waals surface area contributed by atoms with Crippen LogP contribution in [0, 0.1) is 11.3 Å². The predicted octanol–water partition coefficient (Wildman–Crippen LogP) is 3.57. The van der Waals surface area contributed by atoms with Gasteiger partial charge in [0.2, 0.25) is 0 Å². The number of methoxy groups -OCH3 is 2. The monoisotopic (exact) mass is 381 g/mol. The van der Waals surface area contributed by atoms with Crippen LogP contribution in [0.5, 0.6) is 5.75 Å². The van der Waals surface area contributed by atoms with Gasteiger partial charge < -0.3 is 19.8 Å². The highest BCUT2D eigenvalue weighted by Gasteiger charge is 2.18. The molecule has 0 fully saturated rings. The van der Waals surface area contributed by atoms with Gasteiger partial charge in [-0.15, -0.1) is 11.3 Å². The van der Waals surface area contributed by atoms with Crippen LogP contribution in [-0.4, -0.2) is 31.1 Å². The van der Waals surface area contributed by atoms with E-state index >= 15 is 0 Å². The van der Waals surface area contributed by atoms with Crippen LogP contribution in [0.15, 0.2) is 41.4 Å². The average molecular weight is 381 g/mol. The first-order valence-corrected chi connectivity index (χ1v) is 8.69. The molecule has 3 aromatic rings. The standard InChI is InChI=1S/C19H15N3O4S/c1-25-13-3-4-15-14(8-13)12(10-21-15)7-11(9-20)18(23)22-16-5-6-27-17(16)19(24)26-2/h3-8,10,21H,1-2H3,(H,22,23). The van der Waals surface area contributed by atoms with Gasteiger partial charge in [0.15, 0.2) is 0 Å². The molecule has 0 spiro atoms. The molecule has 8 heteroatoms. The second-order valence-corrected chi connectivity index (χ2v) is 6.35. The fourth-order valence-corrected chi connectivity index (χ4v) is 3.29. The normalized spacial score (nSPS) is 11.1. The van der Waals surface area contributed by atoms with Gasteiger partial charge in [-0.05, 0) is 35.7 Å². The Kier molecular flexibility index (Phi) is 5.24. The fourth-order valence-electron chi connectivity index (χ4n) is 2.52. The number of nitrogens with one attached hydrogen (secondary N) is 2. The molecular weight excluding hydrogens is 366 g/mol. The Morgan fingerprint density at radius 3 is 2.81 bits per heavy atom. The van der Waals surface area contributed by atoms with Crippen molar-refractivity contribution in [3.63, 3.8) is 0 Å². The number of anilines is 1. The maximum atomic E-state index is 12.5. The van der Waals surface area contributed by atoms with E-state index in [1.165, 1.54) is 13.2 Å². The first kappa shape index (κ1) is 18.2. The van der Waals surface area contributed by atoms with Crippen molar-refractivity contribution in [1.82, 2.24) is 4.98 Å². The molecule has 0 bridgehead atoms. The molecule has 0 aliphatic rings. The van der Waals surface area contributed by atoms with E-state index in [1.807, 2.05) is 24.3 Å². The van der Waals surface area contributed by atoms with E-state index in [0.29, 0.717) is 17.0 Å². The summed E-state index contributed by atoms with van der Waals surface area (Å²) in [5.74, 6) is -0.495. The van der Waals surface area contributed by atoms with Crippen LogP contribution in [0.3, 0.4) is 0 Å². The summed E-state index contributed by atoms with van der Waals surface area (Å²) < 4.78 is 9.90. The fraction of sp³-hybridized carbons (Fsp3) is 0.105. The second-order valence-electron chi connectivity index (χ2n) is 5.43. The summed E-state index contributed by atoms with van der Waals surface area (Å²) >= 11 is 1.14. The molecule has 0 unspecified atom stereocenters. The van der Waals surface area contributed by atoms with Gasteiger partial charge >= 0.3 is 5.97 Å². The number of benzene rings is 1. The first-order chi connectivity index (χ1) is 13.1. The lowest BCUT2D eigenvalue weighted by molar-refractivity contribution is -0.112. The summed E-state index contributed by atoms with van der Waals surface area (Å²) in [7, 11) is 2.83. The molecule has 2 aromatic heterocycles. The zero-order valence-electron chi connectivity index (χ0n) is 14.5. The summed E-state index contributed by atoms with van der Waals surface area (Å²) in [5.41, 5.74) is 1.74. The highest BCUT2D eigenvalue weighted by molar-refractivity contribution is 7.12. The van der Waals surface area contributed by atoms with Gasteiger partial charge in [0.1, 0.15) is 22.3 Å². The van der Waals surface area contributed by atoms with Crippen molar-refractivity contribution in [2.75, 3.05) is 19.5 Å². The van der Waals surface area contributed by atoms with Crippen LogP contribution in [0.2, 0.25) is 0 Å². The Labute approximate surface area is 158 Å². The van der Waals surface area contributed by atoms with E-state index < -0.39 is 11.9 Å². The summed E-state index contributed by atoms with van der Waals surface area (Å²) in [6, 6.07) is 8.97. The summed E-state index contributed by atoms with van der Waals surface area (Å²) in [6.45, 7) is 0. The Morgan fingerprint density at radius 1 is 1.30 bits per heavy atom. The number of amides is 1. The average Bonchev–Trinajstić information content (AvgIpc) is 3.31. The molecule has 2 heterocycles. The van der Waals surface area contributed by atoms with Gasteiger partial charge in [-0.25, -0.2) is 4.79 Å². The molecule has 0 atom stereocenters. The molecule has 27 heavy (non-hydrogen) atoms. The molecule has 136 valence electrons. The molecule has 0 aliphatic heterocycles. The van der Waals surface area contributed by atoms with Crippen LogP contribution in [0.4, 0.5) is 5.69 Å². The number of ether oxygens (including phenoxy) is 2. The van der Waals surface area contributed by atoms with Crippen LogP contribution in [0.25, 0.3) is 17.0 Å². The topological polar surface area (TPSA) is 104 Å². The first-order valence-electron chi connectivity index (χ1n) is 7.81. The zero-order chi connectivity index (χ0) is 19.4. The molecule has 1 aromatic carbocycles. The SMILES string of the molecule is COC(=O)c1sccc1NC(=O)C(C#N)=Cc1c[nH]c2ccc(OC)cc12. The minimum absolute atomic E-state index is 0.0965. The Hall–Kier alpha value is -3.57. The van der Waals surface area contributed by atoms with Crippen molar-refractivity contribution in [2.45, 2.75) is 0 Å². The van der Waals surface area contributed by atoms with Crippen molar-refractivity contribution in [2.24, 2.45) is 0 Å². The van der Waals surface area contributed by atoms with Crippen molar-refractivity contribution < 1.29 is 19.1 Å². The molecule has 3 rings (SSSR count). The third-order valence-corrected chi connectivity index (χ3v) is 4.76. The molecular formula is C19H15N3O4S. The van der Waals surface area contributed by atoms with E-state index in [-0.39, 0.29) is 10.5 Å². The Bertz CT molecular complexity index is 1090. The third kappa shape index (κ3) is 3.68. The van der Waals surface area contributed by atoms with Gasteiger partial charge in [-0.3, -0.25) is 4.79 Å². The number of hydrogen-bond acceptors (Lipinski definition) is 6. The number of hydrogen-bond donors (Lipinski definition) is 2. The molecule has 7 nitrogen and oxygen atoms in total. The number of aromatic amines is 1. The molecule has 0 radical (unpaired) electrons. The molecule has 0 saturated heterocycles. The lowest BCUT2D eigenvalue weighted by atomic mass is 10.1. The zero-order valence-corrected chi connectivity index (χ0v) is 15.3. The second kappa shape index (κ2) is 7.76. The van der Waals surface area contributed by atoms with E-state index in [1.54, 1.807) is 24.8 Å². The number of carbonyl (C=O) groups excluding carboxylic acids is 2. The largest absolute Gasteiger partial charge is 0.497 e. The number of H-pyrrole nitrogens is 1. The maximum Gasteiger partial charge on any atom is 0.350 e. The van der Waals surface area contributed by atoms with Crippen molar-refractivity contribution in [1.29, 1.82) is 5.26 Å². The number of carbonyl (C=O) groups is 2. The maximum absolute atomic E-state index is 12.5. The van der Waals surface area contributed by atoms with E-state index in [0.717, 1.165) is 22.2 Å².